The summed E-state index contributed by atoms with van der Waals surface area (Å²) in [5, 5.41) is 9.30. The molecule has 3 N–H and O–H groups in total. The zero-order valence-corrected chi connectivity index (χ0v) is 9.65. The maximum atomic E-state index is 9.30. The van der Waals surface area contributed by atoms with E-state index in [0.29, 0.717) is 32.8 Å². The molecule has 15 heavy (non-hydrogen) atoms. The van der Waals surface area contributed by atoms with Gasteiger partial charge in [0, 0.05) is 33.5 Å². The van der Waals surface area contributed by atoms with Crippen molar-refractivity contribution in [2.24, 2.45) is 5.73 Å². The van der Waals surface area contributed by atoms with Gasteiger partial charge in [-0.1, -0.05) is 0 Å². The summed E-state index contributed by atoms with van der Waals surface area (Å²) in [6, 6.07) is 0.00418. The Balaban J connectivity index is 3.22. The van der Waals surface area contributed by atoms with Gasteiger partial charge in [-0.25, -0.2) is 0 Å². The second-order valence-electron chi connectivity index (χ2n) is 3.51. The van der Waals surface area contributed by atoms with Crippen LogP contribution >= 0.6 is 0 Å². The van der Waals surface area contributed by atoms with Gasteiger partial charge in [0.15, 0.2) is 0 Å². The highest BCUT2D eigenvalue weighted by molar-refractivity contribution is 4.59. The smallest absolute Gasteiger partial charge is 0.0795 e. The Labute approximate surface area is 91.5 Å². The molecule has 0 aliphatic carbocycles. The Hall–Kier alpha value is -0.200. The zero-order chi connectivity index (χ0) is 11.5. The van der Waals surface area contributed by atoms with E-state index in [9.17, 15) is 5.11 Å². The van der Waals surface area contributed by atoms with Crippen LogP contribution in [0.3, 0.4) is 0 Å². The summed E-state index contributed by atoms with van der Waals surface area (Å²) < 4.78 is 15.0. The summed E-state index contributed by atoms with van der Waals surface area (Å²) in [6.07, 6.45) is 0.910. The van der Waals surface area contributed by atoms with Crippen LogP contribution in [0.15, 0.2) is 0 Å². The first-order valence-electron chi connectivity index (χ1n) is 5.20. The molecule has 0 saturated heterocycles. The summed E-state index contributed by atoms with van der Waals surface area (Å²) in [7, 11) is 3.21. The number of hydrogen-bond donors (Lipinski definition) is 2. The number of aliphatic hydroxyl groups excluding tert-OH is 1. The summed E-state index contributed by atoms with van der Waals surface area (Å²) in [5.74, 6) is 0. The third kappa shape index (κ3) is 10.1. The molecule has 0 aromatic carbocycles. The van der Waals surface area contributed by atoms with Gasteiger partial charge in [0.25, 0.3) is 0 Å². The number of hydrogen-bond acceptors (Lipinski definition) is 5. The quantitative estimate of drug-likeness (QED) is 0.498. The van der Waals surface area contributed by atoms with Crippen LogP contribution in [0.1, 0.15) is 12.8 Å². The van der Waals surface area contributed by atoms with E-state index in [2.05, 4.69) is 0 Å². The molecule has 0 saturated carbocycles. The van der Waals surface area contributed by atoms with Crippen molar-refractivity contribution < 1.29 is 19.3 Å². The van der Waals surface area contributed by atoms with Gasteiger partial charge in [0.05, 0.1) is 19.3 Å². The summed E-state index contributed by atoms with van der Waals surface area (Å²) in [5.41, 5.74) is 5.74. The fourth-order valence-corrected chi connectivity index (χ4v) is 1.08. The van der Waals surface area contributed by atoms with Crippen molar-refractivity contribution >= 4 is 0 Å². The van der Waals surface area contributed by atoms with Gasteiger partial charge in [-0.2, -0.15) is 0 Å². The maximum absolute atomic E-state index is 9.30. The Morgan fingerprint density at radius 2 is 1.80 bits per heavy atom. The van der Waals surface area contributed by atoms with Crippen molar-refractivity contribution in [2.75, 3.05) is 40.6 Å². The Kier molecular flexibility index (Phi) is 10.2. The van der Waals surface area contributed by atoms with E-state index in [1.165, 1.54) is 0 Å². The fraction of sp³-hybridized carbons (Fsp3) is 1.00. The lowest BCUT2D eigenvalue weighted by Crippen LogP contribution is -2.28. The Bertz CT molecular complexity index is 135. The Morgan fingerprint density at radius 1 is 1.07 bits per heavy atom. The molecule has 92 valence electrons. The number of aliphatic hydroxyl groups is 1. The van der Waals surface area contributed by atoms with Crippen molar-refractivity contribution in [3.63, 3.8) is 0 Å². The van der Waals surface area contributed by atoms with Crippen LogP contribution in [0.5, 0.6) is 0 Å². The van der Waals surface area contributed by atoms with Gasteiger partial charge < -0.3 is 25.1 Å². The normalized spacial score (nSPS) is 15.2. The third-order valence-electron chi connectivity index (χ3n) is 1.98. The molecule has 0 aliphatic heterocycles. The van der Waals surface area contributed by atoms with Crippen LogP contribution in [0.2, 0.25) is 0 Å². The van der Waals surface area contributed by atoms with Crippen molar-refractivity contribution in [1.82, 2.24) is 0 Å². The van der Waals surface area contributed by atoms with Crippen LogP contribution in [0.25, 0.3) is 0 Å². The predicted molar refractivity (Wildman–Crippen MR) is 57.8 cm³/mol. The molecule has 0 aromatic rings. The molecular weight excluding hydrogens is 198 g/mol. The first-order chi connectivity index (χ1) is 7.20. The SMILES string of the molecule is COCCC(N)COCCC(O)COC. The van der Waals surface area contributed by atoms with E-state index < -0.39 is 6.10 Å². The molecule has 0 bridgehead atoms. The minimum Gasteiger partial charge on any atom is -0.391 e. The van der Waals surface area contributed by atoms with Crippen LogP contribution in [-0.4, -0.2) is 57.9 Å². The zero-order valence-electron chi connectivity index (χ0n) is 9.65. The van der Waals surface area contributed by atoms with Crippen LogP contribution < -0.4 is 5.73 Å². The van der Waals surface area contributed by atoms with Gasteiger partial charge in [0.1, 0.15) is 0 Å². The molecule has 0 spiro atoms. The minimum absolute atomic E-state index is 0.00418. The number of ether oxygens (including phenoxy) is 3. The summed E-state index contributed by atoms with van der Waals surface area (Å²) in [6.45, 7) is 2.00. The van der Waals surface area contributed by atoms with Gasteiger partial charge in [-0.05, 0) is 12.8 Å². The second kappa shape index (κ2) is 10.3. The fourth-order valence-electron chi connectivity index (χ4n) is 1.08. The van der Waals surface area contributed by atoms with Gasteiger partial charge in [-0.15, -0.1) is 0 Å². The topological polar surface area (TPSA) is 73.9 Å². The monoisotopic (exact) mass is 221 g/mol. The van der Waals surface area contributed by atoms with Crippen molar-refractivity contribution in [3.05, 3.63) is 0 Å². The lowest BCUT2D eigenvalue weighted by molar-refractivity contribution is 0.0279. The van der Waals surface area contributed by atoms with E-state index in [1.54, 1.807) is 14.2 Å². The van der Waals surface area contributed by atoms with Crippen LogP contribution in [-0.2, 0) is 14.2 Å². The van der Waals surface area contributed by atoms with E-state index in [0.717, 1.165) is 6.42 Å². The molecule has 0 aliphatic rings. The van der Waals surface area contributed by atoms with Crippen molar-refractivity contribution in [3.8, 4) is 0 Å². The summed E-state index contributed by atoms with van der Waals surface area (Å²) in [4.78, 5) is 0. The standard InChI is InChI=1S/C10H23NO4/c1-13-5-3-9(11)7-15-6-4-10(12)8-14-2/h9-10,12H,3-8,11H2,1-2H3. The van der Waals surface area contributed by atoms with Crippen LogP contribution in [0.4, 0.5) is 0 Å². The summed E-state index contributed by atoms with van der Waals surface area (Å²) >= 11 is 0. The highest BCUT2D eigenvalue weighted by Gasteiger charge is 2.05. The van der Waals surface area contributed by atoms with E-state index >= 15 is 0 Å². The molecule has 0 amide bonds. The third-order valence-corrected chi connectivity index (χ3v) is 1.98. The lowest BCUT2D eigenvalue weighted by Gasteiger charge is -2.13. The molecule has 0 heterocycles. The molecule has 5 nitrogen and oxygen atoms in total. The molecule has 2 atom stereocenters. The average molecular weight is 221 g/mol. The van der Waals surface area contributed by atoms with E-state index in [4.69, 9.17) is 19.9 Å². The van der Waals surface area contributed by atoms with Gasteiger partial charge in [-0.3, -0.25) is 0 Å². The average Bonchev–Trinajstić information content (AvgIpc) is 2.22. The molecule has 0 aromatic heterocycles. The number of rotatable bonds is 10. The number of methoxy groups -OCH3 is 2. The molecule has 0 fully saturated rings. The lowest BCUT2D eigenvalue weighted by atomic mass is 10.2. The molecular formula is C10H23NO4. The molecule has 2 unspecified atom stereocenters. The number of nitrogens with two attached hydrogens (primary N) is 1. The van der Waals surface area contributed by atoms with Crippen LogP contribution in [0, 0.1) is 0 Å². The van der Waals surface area contributed by atoms with Gasteiger partial charge >= 0.3 is 0 Å². The van der Waals surface area contributed by atoms with Crippen molar-refractivity contribution in [2.45, 2.75) is 25.0 Å². The molecule has 5 heteroatoms. The van der Waals surface area contributed by atoms with Crippen molar-refractivity contribution in [1.29, 1.82) is 0 Å². The first kappa shape index (κ1) is 14.8. The predicted octanol–water partition coefficient (Wildman–Crippen LogP) is -0.236. The highest BCUT2D eigenvalue weighted by Crippen LogP contribution is 1.95. The first-order valence-corrected chi connectivity index (χ1v) is 5.20. The molecule has 0 rings (SSSR count). The van der Waals surface area contributed by atoms with E-state index in [1.807, 2.05) is 0 Å². The minimum atomic E-state index is -0.454. The maximum Gasteiger partial charge on any atom is 0.0795 e. The molecule has 0 radical (unpaired) electrons. The van der Waals surface area contributed by atoms with E-state index in [-0.39, 0.29) is 6.04 Å². The highest BCUT2D eigenvalue weighted by atomic mass is 16.5. The van der Waals surface area contributed by atoms with Gasteiger partial charge in [0.2, 0.25) is 0 Å². The Morgan fingerprint density at radius 3 is 2.40 bits per heavy atom. The second-order valence-corrected chi connectivity index (χ2v) is 3.51. The largest absolute Gasteiger partial charge is 0.391 e.